The molecule has 2 heteroatoms. The van der Waals surface area contributed by atoms with Crippen LogP contribution in [0.3, 0.4) is 0 Å². The summed E-state index contributed by atoms with van der Waals surface area (Å²) in [5.74, 6) is 0.243. The molecule has 8 heavy (non-hydrogen) atoms. The zero-order valence-corrected chi connectivity index (χ0v) is 4.59. The third kappa shape index (κ3) is 0.524. The van der Waals surface area contributed by atoms with E-state index in [4.69, 9.17) is 11.0 Å². The lowest BCUT2D eigenvalue weighted by molar-refractivity contribution is 0.815. The Morgan fingerprint density at radius 3 is 2.75 bits per heavy atom. The predicted molar refractivity (Wildman–Crippen MR) is 30.8 cm³/mol. The Kier molecular flexibility index (Phi) is 0.887. The van der Waals surface area contributed by atoms with E-state index in [0.29, 0.717) is 0 Å². The molecule has 2 atom stereocenters. The molecule has 0 saturated heterocycles. The number of hydrogen-bond donors (Lipinski definition) is 1. The quantitative estimate of drug-likeness (QED) is 0.495. The second-order valence-electron chi connectivity index (χ2n) is 2.20. The molecule has 1 saturated carbocycles. The average molecular weight is 108 g/mol. The fourth-order valence-corrected chi connectivity index (χ4v) is 0.727. The highest BCUT2D eigenvalue weighted by Gasteiger charge is 2.49. The van der Waals surface area contributed by atoms with Gasteiger partial charge in [0.2, 0.25) is 0 Å². The summed E-state index contributed by atoms with van der Waals surface area (Å²) in [4.78, 5) is 0. The first-order valence-electron chi connectivity index (χ1n) is 2.55. The van der Waals surface area contributed by atoms with E-state index in [1.807, 2.05) is 6.07 Å². The van der Waals surface area contributed by atoms with Gasteiger partial charge in [-0.2, -0.15) is 5.26 Å². The minimum Gasteiger partial charge on any atom is -0.313 e. The van der Waals surface area contributed by atoms with E-state index in [9.17, 15) is 0 Å². The lowest BCUT2D eigenvalue weighted by Crippen LogP contribution is -2.21. The summed E-state index contributed by atoms with van der Waals surface area (Å²) in [6.07, 6.45) is 2.52. The van der Waals surface area contributed by atoms with Crippen LogP contribution in [0.15, 0.2) is 12.7 Å². The SMILES string of the molecule is C=CC1CC1(N)C#N. The second-order valence-corrected chi connectivity index (χ2v) is 2.20. The van der Waals surface area contributed by atoms with E-state index < -0.39 is 5.54 Å². The molecule has 2 N–H and O–H groups in total. The molecule has 42 valence electrons. The van der Waals surface area contributed by atoms with Gasteiger partial charge in [0.25, 0.3) is 0 Å². The third-order valence-electron chi connectivity index (χ3n) is 1.55. The van der Waals surface area contributed by atoms with Gasteiger partial charge >= 0.3 is 0 Å². The van der Waals surface area contributed by atoms with Crippen LogP contribution in [0.5, 0.6) is 0 Å². The van der Waals surface area contributed by atoms with Crippen LogP contribution in [0.25, 0.3) is 0 Å². The summed E-state index contributed by atoms with van der Waals surface area (Å²) < 4.78 is 0. The van der Waals surface area contributed by atoms with Crippen LogP contribution < -0.4 is 5.73 Å². The largest absolute Gasteiger partial charge is 0.313 e. The summed E-state index contributed by atoms with van der Waals surface area (Å²) in [5.41, 5.74) is 4.91. The van der Waals surface area contributed by atoms with Crippen LogP contribution >= 0.6 is 0 Å². The van der Waals surface area contributed by atoms with Gasteiger partial charge in [-0.15, -0.1) is 6.58 Å². The Hall–Kier alpha value is -0.810. The van der Waals surface area contributed by atoms with Crippen LogP contribution in [-0.2, 0) is 0 Å². The molecular formula is C6H8N2. The molecule has 0 radical (unpaired) electrons. The maximum atomic E-state index is 8.34. The average Bonchev–Trinajstić information content (AvgIpc) is 2.44. The van der Waals surface area contributed by atoms with Crippen molar-refractivity contribution in [3.8, 4) is 6.07 Å². The molecular weight excluding hydrogens is 100 g/mol. The van der Waals surface area contributed by atoms with Crippen LogP contribution in [0, 0.1) is 17.2 Å². The fourth-order valence-electron chi connectivity index (χ4n) is 0.727. The molecule has 1 aliphatic carbocycles. The maximum Gasteiger partial charge on any atom is 0.111 e. The number of nitrogens with two attached hydrogens (primary N) is 1. The van der Waals surface area contributed by atoms with Crippen molar-refractivity contribution in [2.24, 2.45) is 11.7 Å². The van der Waals surface area contributed by atoms with Crippen molar-refractivity contribution in [2.75, 3.05) is 0 Å². The molecule has 2 unspecified atom stereocenters. The summed E-state index contributed by atoms with van der Waals surface area (Å²) in [6.45, 7) is 3.53. The first-order valence-corrected chi connectivity index (χ1v) is 2.55. The van der Waals surface area contributed by atoms with Gasteiger partial charge in [0.1, 0.15) is 5.54 Å². The molecule has 0 bridgehead atoms. The minimum absolute atomic E-state index is 0.243. The summed E-state index contributed by atoms with van der Waals surface area (Å²) in [5, 5.41) is 8.34. The minimum atomic E-state index is -0.554. The molecule has 0 aromatic carbocycles. The molecule has 0 heterocycles. The Labute approximate surface area is 48.6 Å². The van der Waals surface area contributed by atoms with Gasteiger partial charge in [0.15, 0.2) is 0 Å². The molecule has 1 rings (SSSR count). The monoisotopic (exact) mass is 108 g/mol. The Morgan fingerprint density at radius 2 is 2.62 bits per heavy atom. The van der Waals surface area contributed by atoms with Crippen LogP contribution in [0.4, 0.5) is 0 Å². The molecule has 0 amide bonds. The van der Waals surface area contributed by atoms with E-state index in [1.165, 1.54) is 0 Å². The van der Waals surface area contributed by atoms with E-state index in [2.05, 4.69) is 6.58 Å². The zero-order valence-electron chi connectivity index (χ0n) is 4.59. The molecule has 1 aliphatic rings. The first kappa shape index (κ1) is 5.33. The van der Waals surface area contributed by atoms with Crippen molar-refractivity contribution in [1.29, 1.82) is 5.26 Å². The molecule has 0 spiro atoms. The number of rotatable bonds is 1. The van der Waals surface area contributed by atoms with Crippen molar-refractivity contribution in [3.05, 3.63) is 12.7 Å². The highest BCUT2D eigenvalue weighted by atomic mass is 14.8. The maximum absolute atomic E-state index is 8.34. The lowest BCUT2D eigenvalue weighted by Gasteiger charge is -1.90. The number of nitrogens with zero attached hydrogens (tertiary/aromatic N) is 1. The topological polar surface area (TPSA) is 49.8 Å². The molecule has 2 nitrogen and oxygen atoms in total. The lowest BCUT2D eigenvalue weighted by atomic mass is 10.2. The Bertz CT molecular complexity index is 156. The zero-order chi connectivity index (χ0) is 6.20. The van der Waals surface area contributed by atoms with Gasteiger partial charge in [-0.05, 0) is 6.42 Å². The first-order chi connectivity index (χ1) is 3.73. The van der Waals surface area contributed by atoms with E-state index in [1.54, 1.807) is 6.08 Å². The third-order valence-corrected chi connectivity index (χ3v) is 1.55. The normalized spacial score (nSPS) is 42.8. The van der Waals surface area contributed by atoms with Gasteiger partial charge in [0.05, 0.1) is 6.07 Å². The molecule has 0 aromatic heterocycles. The second kappa shape index (κ2) is 1.33. The number of nitriles is 1. The van der Waals surface area contributed by atoms with Gasteiger partial charge in [-0.1, -0.05) is 6.08 Å². The van der Waals surface area contributed by atoms with Gasteiger partial charge in [-0.25, -0.2) is 0 Å². The van der Waals surface area contributed by atoms with Gasteiger partial charge in [0, 0.05) is 5.92 Å². The fraction of sp³-hybridized carbons (Fsp3) is 0.500. The van der Waals surface area contributed by atoms with Crippen molar-refractivity contribution in [3.63, 3.8) is 0 Å². The summed E-state index contributed by atoms with van der Waals surface area (Å²) in [6, 6.07) is 2.02. The van der Waals surface area contributed by atoms with Crippen LogP contribution in [0.1, 0.15) is 6.42 Å². The van der Waals surface area contributed by atoms with Gasteiger partial charge < -0.3 is 5.73 Å². The van der Waals surface area contributed by atoms with Crippen molar-refractivity contribution in [2.45, 2.75) is 12.0 Å². The number of hydrogen-bond acceptors (Lipinski definition) is 2. The van der Waals surface area contributed by atoms with Crippen molar-refractivity contribution >= 4 is 0 Å². The van der Waals surface area contributed by atoms with Crippen molar-refractivity contribution in [1.82, 2.24) is 0 Å². The Balaban J connectivity index is 2.58. The highest BCUT2D eigenvalue weighted by molar-refractivity contribution is 5.26. The Morgan fingerprint density at radius 1 is 2.00 bits per heavy atom. The van der Waals surface area contributed by atoms with Crippen molar-refractivity contribution < 1.29 is 0 Å². The molecule has 1 fully saturated rings. The van der Waals surface area contributed by atoms with E-state index in [-0.39, 0.29) is 5.92 Å². The van der Waals surface area contributed by atoms with Gasteiger partial charge in [-0.3, -0.25) is 0 Å². The highest BCUT2D eigenvalue weighted by Crippen LogP contribution is 2.40. The summed E-state index contributed by atoms with van der Waals surface area (Å²) in [7, 11) is 0. The summed E-state index contributed by atoms with van der Waals surface area (Å²) >= 11 is 0. The smallest absolute Gasteiger partial charge is 0.111 e. The van der Waals surface area contributed by atoms with E-state index in [0.717, 1.165) is 6.42 Å². The van der Waals surface area contributed by atoms with Crippen LogP contribution in [-0.4, -0.2) is 5.54 Å². The molecule has 0 aliphatic heterocycles. The predicted octanol–water partition coefficient (Wildman–Crippen LogP) is 0.413. The van der Waals surface area contributed by atoms with E-state index >= 15 is 0 Å². The van der Waals surface area contributed by atoms with Crippen LogP contribution in [0.2, 0.25) is 0 Å². The molecule has 0 aromatic rings. The standard InChI is InChI=1S/C6H8N2/c1-2-5-3-6(5,8)4-7/h2,5H,1,3,8H2.